The van der Waals surface area contributed by atoms with Crippen molar-refractivity contribution in [3.8, 4) is 0 Å². The number of primary amides is 1. The number of nitrogens with zero attached hydrogens (tertiary/aromatic N) is 2. The van der Waals surface area contributed by atoms with Crippen LogP contribution >= 0.6 is 0 Å². The van der Waals surface area contributed by atoms with Gasteiger partial charge in [-0.1, -0.05) is 6.92 Å². The molecule has 2 rings (SSSR count). The molecule has 1 fully saturated rings. The minimum atomic E-state index is -0.917. The first-order valence-electron chi connectivity index (χ1n) is 6.50. The summed E-state index contributed by atoms with van der Waals surface area (Å²) < 4.78 is 1.14. The Morgan fingerprint density at radius 1 is 1.53 bits per heavy atom. The number of aromatic nitrogens is 2. The van der Waals surface area contributed by atoms with E-state index >= 15 is 0 Å². The molecule has 1 amide bonds. The van der Waals surface area contributed by atoms with Crippen LogP contribution in [-0.4, -0.2) is 26.4 Å². The van der Waals surface area contributed by atoms with Gasteiger partial charge in [-0.15, -0.1) is 0 Å². The van der Waals surface area contributed by atoms with Gasteiger partial charge < -0.3 is 10.8 Å². The third kappa shape index (κ3) is 3.20. The Morgan fingerprint density at radius 3 is 2.74 bits per heavy atom. The van der Waals surface area contributed by atoms with Crippen molar-refractivity contribution in [3.05, 3.63) is 28.2 Å². The molecule has 0 aliphatic heterocycles. The molecule has 1 aliphatic carbocycles. The van der Waals surface area contributed by atoms with Crippen molar-refractivity contribution in [1.29, 1.82) is 0 Å². The average Bonchev–Trinajstić information content (AvgIpc) is 2.36. The Labute approximate surface area is 111 Å². The molecule has 0 bridgehead atoms. The van der Waals surface area contributed by atoms with Gasteiger partial charge in [-0.05, 0) is 37.7 Å². The Hall–Kier alpha value is -1.69. The van der Waals surface area contributed by atoms with Gasteiger partial charge in [0, 0.05) is 6.07 Å². The van der Waals surface area contributed by atoms with Gasteiger partial charge >= 0.3 is 0 Å². The molecule has 0 aromatic carbocycles. The van der Waals surface area contributed by atoms with Crippen molar-refractivity contribution in [1.82, 2.24) is 9.78 Å². The SMILES string of the molecule is CC1CCC(O)(Cn2nc(C(N)=O)ccc2=O)CC1. The molecular weight excluding hydrogens is 246 g/mol. The van der Waals surface area contributed by atoms with Gasteiger partial charge in [0.1, 0.15) is 5.69 Å². The van der Waals surface area contributed by atoms with E-state index < -0.39 is 11.5 Å². The monoisotopic (exact) mass is 265 g/mol. The number of carbonyl (C=O) groups excluding carboxylic acids is 1. The van der Waals surface area contributed by atoms with Crippen molar-refractivity contribution in [2.75, 3.05) is 0 Å². The number of hydrogen-bond donors (Lipinski definition) is 2. The molecule has 1 heterocycles. The first-order valence-corrected chi connectivity index (χ1v) is 6.50. The lowest BCUT2D eigenvalue weighted by Gasteiger charge is -2.34. The van der Waals surface area contributed by atoms with Crippen molar-refractivity contribution in [3.63, 3.8) is 0 Å². The summed E-state index contributed by atoms with van der Waals surface area (Å²) in [7, 11) is 0. The Kier molecular flexibility index (Phi) is 3.71. The predicted octanol–water partition coefficient (Wildman–Crippen LogP) is 0.283. The van der Waals surface area contributed by atoms with Crippen LogP contribution in [-0.2, 0) is 6.54 Å². The third-order valence-electron chi connectivity index (χ3n) is 3.77. The summed E-state index contributed by atoms with van der Waals surface area (Å²) in [6.07, 6.45) is 3.15. The highest BCUT2D eigenvalue weighted by atomic mass is 16.3. The lowest BCUT2D eigenvalue weighted by molar-refractivity contribution is -0.0255. The molecule has 0 spiro atoms. The van der Waals surface area contributed by atoms with Crippen LogP contribution in [0.15, 0.2) is 16.9 Å². The van der Waals surface area contributed by atoms with E-state index in [9.17, 15) is 14.7 Å². The van der Waals surface area contributed by atoms with Gasteiger partial charge in [-0.3, -0.25) is 9.59 Å². The van der Waals surface area contributed by atoms with Crippen LogP contribution < -0.4 is 11.3 Å². The van der Waals surface area contributed by atoms with E-state index in [1.165, 1.54) is 12.1 Å². The van der Waals surface area contributed by atoms with Gasteiger partial charge in [0.15, 0.2) is 0 Å². The van der Waals surface area contributed by atoms with Crippen LogP contribution in [0, 0.1) is 5.92 Å². The number of carbonyl (C=O) groups is 1. The van der Waals surface area contributed by atoms with Crippen molar-refractivity contribution < 1.29 is 9.90 Å². The van der Waals surface area contributed by atoms with Crippen LogP contribution in [0.5, 0.6) is 0 Å². The van der Waals surface area contributed by atoms with Crippen molar-refractivity contribution >= 4 is 5.91 Å². The molecule has 1 aromatic heterocycles. The van der Waals surface area contributed by atoms with E-state index in [4.69, 9.17) is 5.73 Å². The maximum atomic E-state index is 11.7. The Balaban J connectivity index is 2.21. The summed E-state index contributed by atoms with van der Waals surface area (Å²) in [6, 6.07) is 2.55. The average molecular weight is 265 g/mol. The van der Waals surface area contributed by atoms with Gasteiger partial charge in [0.25, 0.3) is 11.5 Å². The first-order chi connectivity index (χ1) is 8.89. The van der Waals surface area contributed by atoms with Gasteiger partial charge in [-0.25, -0.2) is 4.68 Å². The molecule has 0 unspecified atom stereocenters. The second kappa shape index (κ2) is 5.13. The second-order valence-corrected chi connectivity index (χ2v) is 5.49. The maximum Gasteiger partial charge on any atom is 0.269 e. The molecule has 6 heteroatoms. The van der Waals surface area contributed by atoms with Crippen LogP contribution in [0.3, 0.4) is 0 Å². The standard InChI is InChI=1S/C13H19N3O3/c1-9-4-6-13(19,7-5-9)8-16-11(17)3-2-10(15-16)12(14)18/h2-3,9,19H,4-8H2,1H3,(H2,14,18). The lowest BCUT2D eigenvalue weighted by Crippen LogP contribution is -2.42. The molecule has 1 aromatic rings. The minimum Gasteiger partial charge on any atom is -0.388 e. The minimum absolute atomic E-state index is 0.0346. The number of aliphatic hydroxyl groups is 1. The molecule has 104 valence electrons. The zero-order valence-corrected chi connectivity index (χ0v) is 11.0. The Bertz CT molecular complexity index is 530. The Morgan fingerprint density at radius 2 is 2.16 bits per heavy atom. The van der Waals surface area contributed by atoms with Gasteiger partial charge in [0.05, 0.1) is 12.1 Å². The van der Waals surface area contributed by atoms with E-state index in [0.717, 1.165) is 17.5 Å². The first kappa shape index (κ1) is 13.7. The van der Waals surface area contributed by atoms with E-state index in [1.54, 1.807) is 0 Å². The maximum absolute atomic E-state index is 11.7. The van der Waals surface area contributed by atoms with Gasteiger partial charge in [0.2, 0.25) is 0 Å². The van der Waals surface area contributed by atoms with Crippen LogP contribution in [0.2, 0.25) is 0 Å². The van der Waals surface area contributed by atoms with E-state index in [-0.39, 0.29) is 17.8 Å². The molecule has 0 radical (unpaired) electrons. The molecule has 19 heavy (non-hydrogen) atoms. The second-order valence-electron chi connectivity index (χ2n) is 5.49. The predicted molar refractivity (Wildman–Crippen MR) is 69.6 cm³/mol. The molecule has 1 aliphatic rings. The molecule has 6 nitrogen and oxygen atoms in total. The summed E-state index contributed by atoms with van der Waals surface area (Å²) in [5, 5.41) is 14.4. The van der Waals surface area contributed by atoms with Crippen molar-refractivity contribution in [2.24, 2.45) is 11.7 Å². The topological polar surface area (TPSA) is 98.2 Å². The quantitative estimate of drug-likeness (QED) is 0.820. The highest BCUT2D eigenvalue weighted by Gasteiger charge is 2.32. The fourth-order valence-corrected chi connectivity index (χ4v) is 2.43. The number of amides is 1. The molecular formula is C13H19N3O3. The largest absolute Gasteiger partial charge is 0.388 e. The lowest BCUT2D eigenvalue weighted by atomic mass is 9.79. The number of hydrogen-bond acceptors (Lipinski definition) is 4. The zero-order valence-electron chi connectivity index (χ0n) is 11.0. The van der Waals surface area contributed by atoms with Crippen LogP contribution in [0.1, 0.15) is 43.1 Å². The fourth-order valence-electron chi connectivity index (χ4n) is 2.43. The summed E-state index contributed by atoms with van der Waals surface area (Å²) >= 11 is 0. The molecule has 0 saturated heterocycles. The van der Waals surface area contributed by atoms with Crippen molar-refractivity contribution in [2.45, 2.75) is 44.8 Å². The van der Waals surface area contributed by atoms with E-state index in [1.807, 2.05) is 0 Å². The smallest absolute Gasteiger partial charge is 0.269 e. The van der Waals surface area contributed by atoms with Crippen LogP contribution in [0.4, 0.5) is 0 Å². The fraction of sp³-hybridized carbons (Fsp3) is 0.615. The summed E-state index contributed by atoms with van der Waals surface area (Å²) in [6.45, 7) is 2.26. The van der Waals surface area contributed by atoms with E-state index in [0.29, 0.717) is 18.8 Å². The van der Waals surface area contributed by atoms with E-state index in [2.05, 4.69) is 12.0 Å². The highest BCUT2D eigenvalue weighted by molar-refractivity contribution is 5.90. The summed E-state index contributed by atoms with van der Waals surface area (Å²) in [5.41, 5.74) is 3.92. The zero-order chi connectivity index (χ0) is 14.0. The third-order valence-corrected chi connectivity index (χ3v) is 3.77. The number of rotatable bonds is 3. The normalized spacial score (nSPS) is 27.2. The van der Waals surface area contributed by atoms with Crippen LogP contribution in [0.25, 0.3) is 0 Å². The molecule has 0 atom stereocenters. The van der Waals surface area contributed by atoms with Gasteiger partial charge in [-0.2, -0.15) is 5.10 Å². The molecule has 1 saturated carbocycles. The highest BCUT2D eigenvalue weighted by Crippen LogP contribution is 2.32. The number of nitrogens with two attached hydrogens (primary N) is 1. The molecule has 3 N–H and O–H groups in total. The summed E-state index contributed by atoms with van der Waals surface area (Å²) in [4.78, 5) is 22.8. The summed E-state index contributed by atoms with van der Waals surface area (Å²) in [5.74, 6) is -0.0834.